The molecule has 0 radical (unpaired) electrons. The first kappa shape index (κ1) is 22.6. The molecule has 2 aromatic carbocycles. The van der Waals surface area contributed by atoms with Gasteiger partial charge in [0.2, 0.25) is 11.8 Å². The summed E-state index contributed by atoms with van der Waals surface area (Å²) in [4.78, 5) is 27.4. The maximum absolute atomic E-state index is 14.3. The Hall–Kier alpha value is -3.62. The molecule has 0 saturated carbocycles. The summed E-state index contributed by atoms with van der Waals surface area (Å²) in [6.07, 6.45) is -1.46. The van der Waals surface area contributed by atoms with Crippen LogP contribution in [0.15, 0.2) is 54.6 Å². The van der Waals surface area contributed by atoms with Gasteiger partial charge in [0.1, 0.15) is 12.2 Å². The van der Waals surface area contributed by atoms with Crippen LogP contribution < -0.4 is 5.32 Å². The number of alkyl halides is 1. The molecule has 8 nitrogen and oxygen atoms in total. The van der Waals surface area contributed by atoms with Crippen LogP contribution in [0.2, 0.25) is 0 Å². The lowest BCUT2D eigenvalue weighted by atomic mass is 9.95. The number of benzene rings is 2. The predicted molar refractivity (Wildman–Crippen MR) is 120 cm³/mol. The van der Waals surface area contributed by atoms with E-state index in [0.717, 1.165) is 11.1 Å². The van der Waals surface area contributed by atoms with Crippen molar-refractivity contribution in [1.29, 1.82) is 0 Å². The molecule has 1 aliphatic rings. The molecule has 2 N–H and O–H groups in total. The number of hydrogen-bond donors (Lipinski definition) is 2. The summed E-state index contributed by atoms with van der Waals surface area (Å²) < 4.78 is 14.3. The third kappa shape index (κ3) is 5.24. The monoisotopic (exact) mass is 450 g/mol. The number of tetrazole rings is 1. The molecule has 33 heavy (non-hydrogen) atoms. The van der Waals surface area contributed by atoms with Crippen LogP contribution in [0, 0.1) is 0 Å². The highest BCUT2D eigenvalue weighted by atomic mass is 19.1. The van der Waals surface area contributed by atoms with Gasteiger partial charge in [0, 0.05) is 6.42 Å². The van der Waals surface area contributed by atoms with E-state index in [4.69, 9.17) is 0 Å². The van der Waals surface area contributed by atoms with Crippen LogP contribution in [0.1, 0.15) is 54.7 Å². The van der Waals surface area contributed by atoms with Gasteiger partial charge in [-0.1, -0.05) is 73.7 Å². The number of nitrogens with zero attached hydrogens (tertiary/aromatic N) is 4. The number of nitrogens with one attached hydrogen (secondary N) is 2. The SMILES string of the molecule is CC(C)c1ccc([C@@H](NC(=O)[C@H]2C[C@@H](F)CN2C(=O)Cc2nn[nH]n2)c2ccccc2)cc1. The first-order chi connectivity index (χ1) is 15.9. The Morgan fingerprint density at radius 2 is 1.76 bits per heavy atom. The van der Waals surface area contributed by atoms with Gasteiger partial charge in [0.15, 0.2) is 5.82 Å². The van der Waals surface area contributed by atoms with Gasteiger partial charge in [-0.25, -0.2) is 4.39 Å². The highest BCUT2D eigenvalue weighted by Crippen LogP contribution is 2.27. The lowest BCUT2D eigenvalue weighted by Gasteiger charge is -2.27. The first-order valence-corrected chi connectivity index (χ1v) is 11.0. The molecule has 3 aromatic rings. The largest absolute Gasteiger partial charge is 0.343 e. The van der Waals surface area contributed by atoms with Crippen molar-refractivity contribution in [1.82, 2.24) is 30.8 Å². The molecular weight excluding hydrogens is 423 g/mol. The van der Waals surface area contributed by atoms with Crippen LogP contribution in [0.25, 0.3) is 0 Å². The molecule has 1 aromatic heterocycles. The fourth-order valence-corrected chi connectivity index (χ4v) is 4.12. The minimum absolute atomic E-state index is 0.0440. The second-order valence-electron chi connectivity index (χ2n) is 8.57. The number of aromatic amines is 1. The first-order valence-electron chi connectivity index (χ1n) is 11.0. The molecule has 3 atom stereocenters. The van der Waals surface area contributed by atoms with E-state index < -0.39 is 30.1 Å². The summed E-state index contributed by atoms with van der Waals surface area (Å²) in [7, 11) is 0. The molecule has 0 unspecified atom stereocenters. The average Bonchev–Trinajstić information content (AvgIpc) is 3.47. The standard InChI is InChI=1S/C24H27FN6O2/c1-15(2)16-8-10-18(11-9-16)23(17-6-4-3-5-7-17)26-24(33)20-12-19(25)14-31(20)22(32)13-21-27-29-30-28-21/h3-11,15,19-20,23H,12-14H2,1-2H3,(H,26,33)(H,27,28,29,30)/t19-,20-,23+/m1/s1. The van der Waals surface area contributed by atoms with E-state index in [0.29, 0.717) is 5.92 Å². The molecular formula is C24H27FN6O2. The lowest BCUT2D eigenvalue weighted by molar-refractivity contribution is -0.138. The Morgan fingerprint density at radius 3 is 2.39 bits per heavy atom. The molecule has 2 heterocycles. The van der Waals surface area contributed by atoms with Crippen LogP contribution in [0.5, 0.6) is 0 Å². The summed E-state index contributed by atoms with van der Waals surface area (Å²) in [5, 5.41) is 16.3. The summed E-state index contributed by atoms with van der Waals surface area (Å²) in [5.41, 5.74) is 3.02. The van der Waals surface area contributed by atoms with Gasteiger partial charge in [-0.2, -0.15) is 5.21 Å². The predicted octanol–water partition coefficient (Wildman–Crippen LogP) is 2.71. The van der Waals surface area contributed by atoms with Gasteiger partial charge in [-0.3, -0.25) is 9.59 Å². The minimum Gasteiger partial charge on any atom is -0.343 e. The number of aromatic nitrogens is 4. The topological polar surface area (TPSA) is 104 Å². The zero-order valence-corrected chi connectivity index (χ0v) is 18.6. The molecule has 0 spiro atoms. The van der Waals surface area contributed by atoms with Crippen LogP contribution in [0.4, 0.5) is 4.39 Å². The second-order valence-corrected chi connectivity index (χ2v) is 8.57. The molecule has 1 aliphatic heterocycles. The third-order valence-electron chi connectivity index (χ3n) is 5.93. The van der Waals surface area contributed by atoms with Crippen LogP contribution in [0.3, 0.4) is 0 Å². The van der Waals surface area contributed by atoms with E-state index in [1.807, 2.05) is 42.5 Å². The van der Waals surface area contributed by atoms with Gasteiger partial charge in [0.25, 0.3) is 0 Å². The van der Waals surface area contributed by atoms with E-state index in [2.05, 4.69) is 51.9 Å². The van der Waals surface area contributed by atoms with Crippen molar-refractivity contribution < 1.29 is 14.0 Å². The fraction of sp³-hybridized carbons (Fsp3) is 0.375. The lowest BCUT2D eigenvalue weighted by Crippen LogP contribution is -2.47. The maximum Gasteiger partial charge on any atom is 0.243 e. The van der Waals surface area contributed by atoms with E-state index in [9.17, 15) is 14.0 Å². The molecule has 1 fully saturated rings. The Bertz CT molecular complexity index is 1070. The number of carbonyl (C=O) groups excluding carboxylic acids is 2. The van der Waals surface area contributed by atoms with Crippen molar-refractivity contribution >= 4 is 11.8 Å². The van der Waals surface area contributed by atoms with Crippen LogP contribution in [-0.2, 0) is 16.0 Å². The Kier molecular flexibility index (Phi) is 6.76. The number of amides is 2. The number of halogens is 1. The number of likely N-dealkylation sites (tertiary alicyclic amines) is 1. The molecule has 9 heteroatoms. The molecule has 1 saturated heterocycles. The minimum atomic E-state index is -1.27. The normalized spacial score (nSPS) is 19.0. The smallest absolute Gasteiger partial charge is 0.243 e. The van der Waals surface area contributed by atoms with E-state index in [1.54, 1.807) is 0 Å². The highest BCUT2D eigenvalue weighted by Gasteiger charge is 2.40. The average molecular weight is 451 g/mol. The van der Waals surface area contributed by atoms with Crippen molar-refractivity contribution in [2.75, 3.05) is 6.54 Å². The van der Waals surface area contributed by atoms with Gasteiger partial charge < -0.3 is 10.2 Å². The Labute approximate surface area is 191 Å². The molecule has 4 rings (SSSR count). The summed E-state index contributed by atoms with van der Waals surface area (Å²) >= 11 is 0. The number of hydrogen-bond acceptors (Lipinski definition) is 5. The maximum atomic E-state index is 14.3. The fourth-order valence-electron chi connectivity index (χ4n) is 4.12. The van der Waals surface area contributed by atoms with Crippen molar-refractivity contribution in [3.05, 3.63) is 77.1 Å². The molecule has 172 valence electrons. The summed E-state index contributed by atoms with van der Waals surface area (Å²) in [5.74, 6) is -0.205. The highest BCUT2D eigenvalue weighted by molar-refractivity contribution is 5.89. The van der Waals surface area contributed by atoms with Crippen LogP contribution >= 0.6 is 0 Å². The Morgan fingerprint density at radius 1 is 1.09 bits per heavy atom. The zero-order chi connectivity index (χ0) is 23.4. The number of carbonyl (C=O) groups is 2. The molecule has 2 amide bonds. The summed E-state index contributed by atoms with van der Waals surface area (Å²) in [6.45, 7) is 4.12. The van der Waals surface area contributed by atoms with Crippen molar-refractivity contribution in [2.45, 2.75) is 50.9 Å². The van der Waals surface area contributed by atoms with Gasteiger partial charge in [-0.15, -0.1) is 10.2 Å². The zero-order valence-electron chi connectivity index (χ0n) is 18.6. The van der Waals surface area contributed by atoms with E-state index >= 15 is 0 Å². The summed E-state index contributed by atoms with van der Waals surface area (Å²) in [6, 6.07) is 16.4. The van der Waals surface area contributed by atoms with Crippen molar-refractivity contribution in [2.24, 2.45) is 0 Å². The van der Waals surface area contributed by atoms with Crippen molar-refractivity contribution in [3.8, 4) is 0 Å². The van der Waals surface area contributed by atoms with Crippen molar-refractivity contribution in [3.63, 3.8) is 0 Å². The van der Waals surface area contributed by atoms with E-state index in [-0.39, 0.29) is 25.2 Å². The Balaban J connectivity index is 1.56. The van der Waals surface area contributed by atoms with Crippen LogP contribution in [-0.4, -0.2) is 56.1 Å². The molecule has 0 aliphatic carbocycles. The van der Waals surface area contributed by atoms with E-state index in [1.165, 1.54) is 10.5 Å². The number of rotatable bonds is 7. The van der Waals surface area contributed by atoms with Gasteiger partial charge in [0.05, 0.1) is 19.0 Å². The quantitative estimate of drug-likeness (QED) is 0.576. The third-order valence-corrected chi connectivity index (χ3v) is 5.93. The van der Waals surface area contributed by atoms with Gasteiger partial charge in [-0.05, 0) is 22.6 Å². The molecule has 0 bridgehead atoms. The number of H-pyrrole nitrogens is 1. The van der Waals surface area contributed by atoms with Gasteiger partial charge >= 0.3 is 0 Å². The second kappa shape index (κ2) is 9.89.